The Hall–Kier alpha value is -4.42. The molecule has 0 saturated carbocycles. The highest BCUT2D eigenvalue weighted by atomic mass is 35.5. The minimum absolute atomic E-state index is 0. The van der Waals surface area contributed by atoms with Gasteiger partial charge in [-0.3, -0.25) is 0 Å². The third kappa shape index (κ3) is 4.85. The number of imidazole rings is 1. The van der Waals surface area contributed by atoms with Gasteiger partial charge in [0.05, 0.1) is 48.1 Å². The Balaban J connectivity index is 0.00000304. The molecule has 0 aliphatic heterocycles. The third-order valence-corrected chi connectivity index (χ3v) is 6.17. The van der Waals surface area contributed by atoms with Crippen LogP contribution in [0.1, 0.15) is 34.1 Å². The number of aryl methyl sites for hydroxylation is 1. The van der Waals surface area contributed by atoms with Gasteiger partial charge in [-0.1, -0.05) is 60.7 Å². The van der Waals surface area contributed by atoms with Crippen LogP contribution in [0.2, 0.25) is 0 Å². The van der Waals surface area contributed by atoms with Crippen LogP contribution in [-0.4, -0.2) is 9.55 Å². The summed E-state index contributed by atoms with van der Waals surface area (Å²) in [5.74, 6) is 0. The van der Waals surface area contributed by atoms with Crippen molar-refractivity contribution in [1.82, 2.24) is 9.55 Å². The van der Waals surface area contributed by atoms with Crippen LogP contribution in [-0.2, 0) is 18.4 Å². The molecule has 1 unspecified atom stereocenters. The highest BCUT2D eigenvalue weighted by Crippen LogP contribution is 2.33. The molecule has 0 saturated heterocycles. The van der Waals surface area contributed by atoms with Crippen LogP contribution in [0.5, 0.6) is 0 Å². The highest BCUT2D eigenvalue weighted by Gasteiger charge is 2.19. The Bertz CT molecular complexity index is 1590. The maximum atomic E-state index is 9.79. The number of hydrogen-bond acceptors (Lipinski definition) is 4. The van der Waals surface area contributed by atoms with Crippen molar-refractivity contribution < 1.29 is 4.74 Å². The Morgan fingerprint density at radius 2 is 1.67 bits per heavy atom. The van der Waals surface area contributed by atoms with Crippen molar-refractivity contribution in [3.8, 4) is 23.3 Å². The second kappa shape index (κ2) is 10.9. The van der Waals surface area contributed by atoms with Gasteiger partial charge in [0.15, 0.2) is 0 Å². The fraction of sp³-hybridized carbons (Fsp3) is 0.100. The molecule has 5 nitrogen and oxygen atoms in total. The lowest BCUT2D eigenvalue weighted by Gasteiger charge is -2.20. The van der Waals surface area contributed by atoms with Gasteiger partial charge in [0, 0.05) is 12.6 Å². The Morgan fingerprint density at radius 1 is 0.889 bits per heavy atom. The van der Waals surface area contributed by atoms with Crippen molar-refractivity contribution >= 4 is 23.2 Å². The second-order valence-corrected chi connectivity index (χ2v) is 8.37. The molecule has 1 atom stereocenters. The Labute approximate surface area is 216 Å². The first-order valence-electron chi connectivity index (χ1n) is 11.3. The van der Waals surface area contributed by atoms with Crippen LogP contribution in [0.3, 0.4) is 0 Å². The average Bonchev–Trinajstić information content (AvgIpc) is 3.34. The van der Waals surface area contributed by atoms with Crippen molar-refractivity contribution in [3.05, 3.63) is 125 Å². The van der Waals surface area contributed by atoms with Crippen LogP contribution >= 0.6 is 12.4 Å². The molecule has 0 spiro atoms. The Kier molecular flexibility index (Phi) is 7.47. The Morgan fingerprint density at radius 3 is 2.39 bits per heavy atom. The predicted octanol–water partition coefficient (Wildman–Crippen LogP) is 6.71. The van der Waals surface area contributed by atoms with E-state index in [-0.39, 0.29) is 18.5 Å². The second-order valence-electron chi connectivity index (χ2n) is 8.37. The van der Waals surface area contributed by atoms with Gasteiger partial charge >= 0.3 is 0 Å². The van der Waals surface area contributed by atoms with E-state index in [1.54, 1.807) is 24.7 Å². The summed E-state index contributed by atoms with van der Waals surface area (Å²) in [6, 6.07) is 32.1. The number of fused-ring (bicyclic) bond motifs is 1. The minimum atomic E-state index is -0.355. The number of nitriles is 2. The number of ether oxygens (including phenoxy) is 1. The molecule has 4 aromatic carbocycles. The molecule has 0 aliphatic carbocycles. The van der Waals surface area contributed by atoms with Crippen molar-refractivity contribution in [2.75, 3.05) is 0 Å². The third-order valence-electron chi connectivity index (χ3n) is 6.17. The molecule has 36 heavy (non-hydrogen) atoms. The monoisotopic (exact) mass is 490 g/mol. The van der Waals surface area contributed by atoms with E-state index in [0.717, 1.165) is 38.7 Å². The molecule has 0 N–H and O–H groups in total. The summed E-state index contributed by atoms with van der Waals surface area (Å²) >= 11 is 0. The molecule has 0 radical (unpaired) electrons. The van der Waals surface area contributed by atoms with Gasteiger partial charge in [0.1, 0.15) is 6.10 Å². The first-order valence-corrected chi connectivity index (χ1v) is 11.3. The van der Waals surface area contributed by atoms with Crippen molar-refractivity contribution in [2.45, 2.75) is 12.7 Å². The summed E-state index contributed by atoms with van der Waals surface area (Å²) in [6.45, 7) is 0.347. The van der Waals surface area contributed by atoms with Gasteiger partial charge in [-0.05, 0) is 51.7 Å². The zero-order valence-electron chi connectivity index (χ0n) is 19.6. The summed E-state index contributed by atoms with van der Waals surface area (Å²) in [4.78, 5) is 4.26. The molecule has 1 heterocycles. The molecular weight excluding hydrogens is 468 g/mol. The van der Waals surface area contributed by atoms with E-state index < -0.39 is 0 Å². The first-order chi connectivity index (χ1) is 17.2. The van der Waals surface area contributed by atoms with Crippen molar-refractivity contribution in [2.24, 2.45) is 7.05 Å². The lowest BCUT2D eigenvalue weighted by atomic mass is 9.93. The van der Waals surface area contributed by atoms with E-state index in [0.29, 0.717) is 17.7 Å². The van der Waals surface area contributed by atoms with Gasteiger partial charge in [-0.25, -0.2) is 4.98 Å². The quantitative estimate of drug-likeness (QED) is 0.265. The highest BCUT2D eigenvalue weighted by molar-refractivity contribution is 5.97. The summed E-state index contributed by atoms with van der Waals surface area (Å²) in [5, 5.41) is 21.2. The van der Waals surface area contributed by atoms with E-state index in [9.17, 15) is 5.26 Å². The standard InChI is InChI=1S/C30H22N4O.ClH/c1-34-20-33-18-29(34)30(24-12-9-21(16-31)10-13-24)35-19-22-11-14-25(17-32)28(15-22)27-8-4-6-23-5-2-3-7-26(23)27;/h2-15,18,20,30H,19H2,1H3;1H. The van der Waals surface area contributed by atoms with Crippen molar-refractivity contribution in [1.29, 1.82) is 10.5 Å². The maximum Gasteiger partial charge on any atom is 0.124 e. The molecule has 0 bridgehead atoms. The lowest BCUT2D eigenvalue weighted by molar-refractivity contribution is 0.0622. The van der Waals surface area contributed by atoms with Crippen LogP contribution in [0, 0.1) is 22.7 Å². The molecular formula is C30H23ClN4O. The van der Waals surface area contributed by atoms with E-state index in [1.807, 2.05) is 60.1 Å². The molecule has 1 aromatic heterocycles. The number of halogens is 1. The van der Waals surface area contributed by atoms with E-state index >= 15 is 0 Å². The molecule has 5 aromatic rings. The number of rotatable bonds is 6. The predicted molar refractivity (Wildman–Crippen MR) is 142 cm³/mol. The van der Waals surface area contributed by atoms with E-state index in [2.05, 4.69) is 41.4 Å². The van der Waals surface area contributed by atoms with Crippen molar-refractivity contribution in [3.63, 3.8) is 0 Å². The molecule has 0 amide bonds. The zero-order valence-corrected chi connectivity index (χ0v) is 20.4. The molecule has 176 valence electrons. The van der Waals surface area contributed by atoms with Crippen LogP contribution < -0.4 is 0 Å². The van der Waals surface area contributed by atoms with Gasteiger partial charge in [0.2, 0.25) is 0 Å². The molecule has 5 rings (SSSR count). The summed E-state index contributed by atoms with van der Waals surface area (Å²) < 4.78 is 8.37. The number of benzene rings is 4. The SMILES string of the molecule is Cl.Cn1cncc1C(OCc1ccc(C#N)c(-c2cccc3ccccc23)c1)c1ccc(C#N)cc1. The van der Waals surface area contributed by atoms with Crippen LogP contribution in [0.25, 0.3) is 21.9 Å². The van der Waals surface area contributed by atoms with Crippen LogP contribution in [0.15, 0.2) is 97.5 Å². The van der Waals surface area contributed by atoms with Crippen LogP contribution in [0.4, 0.5) is 0 Å². The minimum Gasteiger partial charge on any atom is -0.363 e. The smallest absolute Gasteiger partial charge is 0.124 e. The average molecular weight is 491 g/mol. The topological polar surface area (TPSA) is 74.6 Å². The first kappa shape index (κ1) is 24.7. The summed E-state index contributed by atoms with van der Waals surface area (Å²) in [6.07, 6.45) is 3.19. The lowest BCUT2D eigenvalue weighted by Crippen LogP contribution is -2.10. The summed E-state index contributed by atoms with van der Waals surface area (Å²) in [7, 11) is 1.93. The normalized spacial score (nSPS) is 11.3. The molecule has 6 heteroatoms. The van der Waals surface area contributed by atoms with Gasteiger partial charge in [0.25, 0.3) is 0 Å². The largest absolute Gasteiger partial charge is 0.363 e. The van der Waals surface area contributed by atoms with E-state index in [4.69, 9.17) is 10.00 Å². The molecule has 0 fully saturated rings. The van der Waals surface area contributed by atoms with Gasteiger partial charge < -0.3 is 9.30 Å². The summed E-state index contributed by atoms with van der Waals surface area (Å²) in [5.41, 5.74) is 5.96. The fourth-order valence-electron chi connectivity index (χ4n) is 4.35. The zero-order chi connectivity index (χ0) is 24.2. The number of hydrogen-bond donors (Lipinski definition) is 0. The van der Waals surface area contributed by atoms with E-state index in [1.165, 1.54) is 0 Å². The maximum absolute atomic E-state index is 9.79. The van der Waals surface area contributed by atoms with Gasteiger partial charge in [-0.2, -0.15) is 10.5 Å². The molecule has 0 aliphatic rings. The van der Waals surface area contributed by atoms with Gasteiger partial charge in [-0.15, -0.1) is 12.4 Å². The number of nitrogens with zero attached hydrogens (tertiary/aromatic N) is 4. The fourth-order valence-corrected chi connectivity index (χ4v) is 4.35. The number of aromatic nitrogens is 2.